The molecule has 0 amide bonds. The lowest BCUT2D eigenvalue weighted by Crippen LogP contribution is -2.56. The molecule has 18 heavy (non-hydrogen) atoms. The molecule has 0 aromatic heterocycles. The van der Waals surface area contributed by atoms with Gasteiger partial charge >= 0.3 is 0 Å². The first-order valence-corrected chi connectivity index (χ1v) is 6.14. The van der Waals surface area contributed by atoms with Crippen LogP contribution in [0.4, 0.5) is 0 Å². The number of carbonyl (C=O) groups excluding carboxylic acids is 1. The fraction of sp³-hybridized carbons (Fsp3) is 0.462. The molecule has 98 valence electrons. The molecule has 0 unspecified atom stereocenters. The summed E-state index contributed by atoms with van der Waals surface area (Å²) in [6, 6.07) is 8.51. The Morgan fingerprint density at radius 3 is 2.50 bits per heavy atom. The number of alkyl halides is 1. The first-order valence-electron chi connectivity index (χ1n) is 5.76. The van der Waals surface area contributed by atoms with E-state index in [9.17, 15) is 15.0 Å². The van der Waals surface area contributed by atoms with E-state index < -0.39 is 22.7 Å². The van der Waals surface area contributed by atoms with Crippen LogP contribution in [0.2, 0.25) is 0 Å². The highest BCUT2D eigenvalue weighted by molar-refractivity contribution is 6.21. The summed E-state index contributed by atoms with van der Waals surface area (Å²) in [6.07, 6.45) is -0.822. The molecule has 2 rings (SSSR count). The van der Waals surface area contributed by atoms with Gasteiger partial charge in [0, 0.05) is 12.0 Å². The lowest BCUT2D eigenvalue weighted by Gasteiger charge is -2.41. The van der Waals surface area contributed by atoms with E-state index in [4.69, 9.17) is 16.3 Å². The van der Waals surface area contributed by atoms with Crippen LogP contribution in [-0.2, 0) is 4.74 Å². The highest BCUT2D eigenvalue weighted by Gasteiger charge is 2.50. The predicted octanol–water partition coefficient (Wildman–Crippen LogP) is 1.68. The fourth-order valence-electron chi connectivity index (χ4n) is 2.11. The Morgan fingerprint density at radius 1 is 1.33 bits per heavy atom. The van der Waals surface area contributed by atoms with Crippen molar-refractivity contribution < 1.29 is 19.7 Å². The van der Waals surface area contributed by atoms with Crippen LogP contribution in [0.25, 0.3) is 0 Å². The summed E-state index contributed by atoms with van der Waals surface area (Å²) in [6.45, 7) is 1.52. The molecule has 5 heteroatoms. The molecule has 1 fully saturated rings. The molecular formula is C13H15ClO4. The summed E-state index contributed by atoms with van der Waals surface area (Å²) in [5.41, 5.74) is -1.24. The Morgan fingerprint density at radius 2 is 1.94 bits per heavy atom. The number of hydrogen-bond acceptors (Lipinski definition) is 4. The SMILES string of the molecule is C[C@@H]1O[C@@](O)(Cl)CC[C@]1(O)C(=O)c1ccccc1. The minimum absolute atomic E-state index is 0.00598. The summed E-state index contributed by atoms with van der Waals surface area (Å²) in [5, 5.41) is 18.2. The van der Waals surface area contributed by atoms with Crippen LogP contribution in [0, 0.1) is 0 Å². The molecule has 1 aliphatic heterocycles. The molecule has 1 saturated heterocycles. The molecule has 3 atom stereocenters. The number of hydrogen-bond donors (Lipinski definition) is 2. The van der Waals surface area contributed by atoms with Crippen molar-refractivity contribution in [3.63, 3.8) is 0 Å². The largest absolute Gasteiger partial charge is 0.379 e. The van der Waals surface area contributed by atoms with Gasteiger partial charge in [0.05, 0.1) is 6.10 Å². The Labute approximate surface area is 110 Å². The highest BCUT2D eigenvalue weighted by Crippen LogP contribution is 2.37. The van der Waals surface area contributed by atoms with Gasteiger partial charge < -0.3 is 14.9 Å². The number of ketones is 1. The van der Waals surface area contributed by atoms with Gasteiger partial charge in [0.2, 0.25) is 5.25 Å². The van der Waals surface area contributed by atoms with Gasteiger partial charge in [-0.3, -0.25) is 4.79 Å². The van der Waals surface area contributed by atoms with Crippen molar-refractivity contribution in [2.75, 3.05) is 0 Å². The molecule has 1 aliphatic rings. The summed E-state index contributed by atoms with van der Waals surface area (Å²) >= 11 is 5.66. The molecule has 1 aromatic carbocycles. The highest BCUT2D eigenvalue weighted by atomic mass is 35.5. The maximum atomic E-state index is 12.3. The standard InChI is InChI=1S/C13H15ClO4/c1-9-12(16,7-8-13(14,17)18-9)11(15)10-5-3-2-4-6-10/h2-6,9,16-17H,7-8H2,1H3/t9-,12+,13+/m0/s1. The molecule has 4 nitrogen and oxygen atoms in total. The molecule has 2 N–H and O–H groups in total. The van der Waals surface area contributed by atoms with E-state index in [1.807, 2.05) is 0 Å². The normalized spacial score (nSPS) is 36.3. The Bertz CT molecular complexity index is 446. The van der Waals surface area contributed by atoms with Crippen molar-refractivity contribution in [3.05, 3.63) is 35.9 Å². The Kier molecular flexibility index (Phi) is 3.47. The van der Waals surface area contributed by atoms with Gasteiger partial charge in [-0.25, -0.2) is 0 Å². The van der Waals surface area contributed by atoms with Crippen molar-refractivity contribution >= 4 is 17.4 Å². The maximum absolute atomic E-state index is 12.3. The molecule has 0 bridgehead atoms. The van der Waals surface area contributed by atoms with E-state index in [1.54, 1.807) is 30.3 Å². The Hall–Kier alpha value is -0.940. The third-order valence-corrected chi connectivity index (χ3v) is 3.55. The van der Waals surface area contributed by atoms with Gasteiger partial charge in [0.1, 0.15) is 0 Å². The van der Waals surface area contributed by atoms with E-state index in [0.29, 0.717) is 5.56 Å². The van der Waals surface area contributed by atoms with Crippen LogP contribution >= 0.6 is 11.6 Å². The molecule has 0 spiro atoms. The summed E-state index contributed by atoms with van der Waals surface area (Å²) in [5.74, 6) is -0.414. The molecular weight excluding hydrogens is 256 g/mol. The topological polar surface area (TPSA) is 66.8 Å². The summed E-state index contributed by atoms with van der Waals surface area (Å²) in [7, 11) is 0. The van der Waals surface area contributed by atoms with E-state index >= 15 is 0 Å². The number of aliphatic hydroxyl groups is 2. The first-order chi connectivity index (χ1) is 8.35. The third kappa shape index (κ3) is 2.42. The van der Waals surface area contributed by atoms with E-state index in [2.05, 4.69) is 0 Å². The second-order valence-corrected chi connectivity index (χ2v) is 5.16. The minimum atomic E-state index is -1.80. The number of Topliss-reactive ketones (excluding diaryl/α,β-unsaturated/α-hetero) is 1. The average molecular weight is 271 g/mol. The molecule has 1 heterocycles. The van der Waals surface area contributed by atoms with Crippen molar-refractivity contribution in [1.82, 2.24) is 0 Å². The number of ether oxygens (including phenoxy) is 1. The van der Waals surface area contributed by atoms with Crippen molar-refractivity contribution in [2.24, 2.45) is 0 Å². The second kappa shape index (κ2) is 4.63. The smallest absolute Gasteiger partial charge is 0.246 e. The van der Waals surface area contributed by atoms with Gasteiger partial charge in [0.15, 0.2) is 11.4 Å². The zero-order chi connectivity index (χ0) is 13.4. The molecule has 0 aliphatic carbocycles. The third-order valence-electron chi connectivity index (χ3n) is 3.27. The van der Waals surface area contributed by atoms with Gasteiger partial charge in [0.25, 0.3) is 0 Å². The van der Waals surface area contributed by atoms with Gasteiger partial charge in [-0.15, -0.1) is 0 Å². The number of carbonyl (C=O) groups is 1. The van der Waals surface area contributed by atoms with Gasteiger partial charge in [-0.2, -0.15) is 0 Å². The van der Waals surface area contributed by atoms with Gasteiger partial charge in [-0.05, 0) is 13.3 Å². The maximum Gasteiger partial charge on any atom is 0.246 e. The number of benzene rings is 1. The number of halogens is 1. The van der Waals surface area contributed by atoms with E-state index in [0.717, 1.165) is 0 Å². The van der Waals surface area contributed by atoms with Crippen LogP contribution < -0.4 is 0 Å². The van der Waals surface area contributed by atoms with Gasteiger partial charge in [-0.1, -0.05) is 41.9 Å². The van der Waals surface area contributed by atoms with Crippen molar-refractivity contribution in [2.45, 2.75) is 36.7 Å². The van der Waals surface area contributed by atoms with Crippen LogP contribution in [-0.4, -0.2) is 32.9 Å². The summed E-state index contributed by atoms with van der Waals surface area (Å²) in [4.78, 5) is 12.3. The lowest BCUT2D eigenvalue weighted by atomic mass is 9.82. The lowest BCUT2D eigenvalue weighted by molar-refractivity contribution is -0.239. The molecule has 0 radical (unpaired) electrons. The molecule has 1 aromatic rings. The predicted molar refractivity (Wildman–Crippen MR) is 66.3 cm³/mol. The summed E-state index contributed by atoms with van der Waals surface area (Å²) < 4.78 is 5.08. The van der Waals surface area contributed by atoms with Crippen molar-refractivity contribution in [3.8, 4) is 0 Å². The van der Waals surface area contributed by atoms with Crippen molar-refractivity contribution in [1.29, 1.82) is 0 Å². The minimum Gasteiger partial charge on any atom is -0.379 e. The van der Waals surface area contributed by atoms with E-state index in [1.165, 1.54) is 6.92 Å². The Balaban J connectivity index is 2.25. The first kappa shape index (κ1) is 13.5. The van der Waals surface area contributed by atoms with Crippen LogP contribution in [0.1, 0.15) is 30.1 Å². The monoisotopic (exact) mass is 270 g/mol. The average Bonchev–Trinajstić information content (AvgIpc) is 2.34. The quantitative estimate of drug-likeness (QED) is 0.634. The van der Waals surface area contributed by atoms with Crippen LogP contribution in [0.15, 0.2) is 30.3 Å². The number of rotatable bonds is 2. The fourth-order valence-corrected chi connectivity index (χ4v) is 2.34. The zero-order valence-corrected chi connectivity index (χ0v) is 10.7. The van der Waals surface area contributed by atoms with Crippen LogP contribution in [0.3, 0.4) is 0 Å². The van der Waals surface area contributed by atoms with Crippen LogP contribution in [0.5, 0.6) is 0 Å². The molecule has 0 saturated carbocycles. The second-order valence-electron chi connectivity index (χ2n) is 4.57. The zero-order valence-electron chi connectivity index (χ0n) is 9.97. The van der Waals surface area contributed by atoms with E-state index in [-0.39, 0.29) is 12.8 Å².